The minimum absolute atomic E-state index is 0.316. The van der Waals surface area contributed by atoms with Gasteiger partial charge in [0.15, 0.2) is 0 Å². The molecular formula is C11H14N4O2. The molecule has 1 aliphatic rings. The summed E-state index contributed by atoms with van der Waals surface area (Å²) in [5, 5.41) is 21.7. The lowest BCUT2D eigenvalue weighted by Gasteiger charge is -2.21. The Morgan fingerprint density at radius 1 is 1.71 bits per heavy atom. The van der Waals surface area contributed by atoms with E-state index in [4.69, 9.17) is 15.7 Å². The van der Waals surface area contributed by atoms with Gasteiger partial charge in [-0.15, -0.1) is 0 Å². The summed E-state index contributed by atoms with van der Waals surface area (Å²) in [5.41, 5.74) is 5.68. The second-order valence-electron chi connectivity index (χ2n) is 4.15. The van der Waals surface area contributed by atoms with Gasteiger partial charge in [0.1, 0.15) is 17.5 Å². The van der Waals surface area contributed by atoms with Gasteiger partial charge < -0.3 is 20.9 Å². The van der Waals surface area contributed by atoms with E-state index in [1.807, 2.05) is 6.07 Å². The summed E-state index contributed by atoms with van der Waals surface area (Å²) < 4.78 is 5.13. The van der Waals surface area contributed by atoms with Crippen molar-refractivity contribution in [3.05, 3.63) is 17.8 Å². The maximum Gasteiger partial charge on any atom is 0.149 e. The third-order valence-corrected chi connectivity index (χ3v) is 2.71. The fourth-order valence-corrected chi connectivity index (χ4v) is 1.67. The molecule has 0 amide bonds. The van der Waals surface area contributed by atoms with Crippen LogP contribution in [-0.2, 0) is 4.74 Å². The molecule has 1 aliphatic heterocycles. The molecule has 1 aromatic heterocycles. The standard InChI is InChI=1S/C11H14N4O2/c12-4-8-3-9(13)10(14-5-8)15-6-11(16)1-2-17-7-11/h3,5,16H,1-2,6-7,13H2,(H,14,15). The Balaban J connectivity index is 2.02. The molecule has 17 heavy (non-hydrogen) atoms. The van der Waals surface area contributed by atoms with E-state index in [9.17, 15) is 5.11 Å². The van der Waals surface area contributed by atoms with Crippen molar-refractivity contribution < 1.29 is 9.84 Å². The topological polar surface area (TPSA) is 104 Å². The Kier molecular flexibility index (Phi) is 3.13. The summed E-state index contributed by atoms with van der Waals surface area (Å²) in [4.78, 5) is 4.03. The van der Waals surface area contributed by atoms with E-state index in [0.29, 0.717) is 43.2 Å². The normalized spacial score (nSPS) is 23.3. The minimum Gasteiger partial charge on any atom is -0.396 e. The molecule has 2 heterocycles. The van der Waals surface area contributed by atoms with Crippen LogP contribution in [0.15, 0.2) is 12.3 Å². The fraction of sp³-hybridized carbons (Fsp3) is 0.455. The third kappa shape index (κ3) is 2.64. The van der Waals surface area contributed by atoms with E-state index in [2.05, 4.69) is 10.3 Å². The van der Waals surface area contributed by atoms with E-state index < -0.39 is 5.60 Å². The molecule has 0 aromatic carbocycles. The Morgan fingerprint density at radius 3 is 3.12 bits per heavy atom. The van der Waals surface area contributed by atoms with Crippen LogP contribution in [0.3, 0.4) is 0 Å². The van der Waals surface area contributed by atoms with Gasteiger partial charge >= 0.3 is 0 Å². The summed E-state index contributed by atoms with van der Waals surface area (Å²) in [6.45, 7) is 1.21. The summed E-state index contributed by atoms with van der Waals surface area (Å²) in [6.07, 6.45) is 2.03. The zero-order valence-corrected chi connectivity index (χ0v) is 9.31. The molecule has 0 spiro atoms. The van der Waals surface area contributed by atoms with E-state index in [1.54, 1.807) is 6.07 Å². The molecule has 2 rings (SSSR count). The number of nitrogen functional groups attached to an aromatic ring is 1. The van der Waals surface area contributed by atoms with Crippen molar-refractivity contribution in [3.63, 3.8) is 0 Å². The summed E-state index contributed by atoms with van der Waals surface area (Å²) in [6, 6.07) is 3.51. The molecular weight excluding hydrogens is 220 g/mol. The summed E-state index contributed by atoms with van der Waals surface area (Å²) in [7, 11) is 0. The van der Waals surface area contributed by atoms with Crippen LogP contribution in [0.5, 0.6) is 0 Å². The van der Waals surface area contributed by atoms with Gasteiger partial charge in [-0.1, -0.05) is 0 Å². The molecule has 6 heteroatoms. The van der Waals surface area contributed by atoms with E-state index in [-0.39, 0.29) is 0 Å². The van der Waals surface area contributed by atoms with Crippen molar-refractivity contribution in [2.45, 2.75) is 12.0 Å². The maximum atomic E-state index is 10.0. The van der Waals surface area contributed by atoms with Gasteiger partial charge in [-0.3, -0.25) is 0 Å². The van der Waals surface area contributed by atoms with Crippen LogP contribution in [0.1, 0.15) is 12.0 Å². The molecule has 1 atom stereocenters. The van der Waals surface area contributed by atoms with Gasteiger partial charge in [-0.25, -0.2) is 4.98 Å². The highest BCUT2D eigenvalue weighted by molar-refractivity contribution is 5.63. The number of hydrogen-bond donors (Lipinski definition) is 3. The van der Waals surface area contributed by atoms with Crippen LogP contribution in [0.2, 0.25) is 0 Å². The molecule has 0 aliphatic carbocycles. The monoisotopic (exact) mass is 234 g/mol. The Bertz CT molecular complexity index is 449. The molecule has 6 nitrogen and oxygen atoms in total. The largest absolute Gasteiger partial charge is 0.396 e. The highest BCUT2D eigenvalue weighted by Gasteiger charge is 2.32. The predicted octanol–water partition coefficient (Wildman–Crippen LogP) is 0.0988. The SMILES string of the molecule is N#Cc1cnc(NCC2(O)CCOC2)c(N)c1. The quantitative estimate of drug-likeness (QED) is 0.685. The highest BCUT2D eigenvalue weighted by atomic mass is 16.5. The van der Waals surface area contributed by atoms with Crippen molar-refractivity contribution >= 4 is 11.5 Å². The Morgan fingerprint density at radius 2 is 2.53 bits per heavy atom. The molecule has 0 radical (unpaired) electrons. The van der Waals surface area contributed by atoms with Crippen molar-refractivity contribution in [2.24, 2.45) is 0 Å². The first kappa shape index (κ1) is 11.6. The molecule has 1 aromatic rings. The highest BCUT2D eigenvalue weighted by Crippen LogP contribution is 2.21. The van der Waals surface area contributed by atoms with Crippen LogP contribution >= 0.6 is 0 Å². The second kappa shape index (κ2) is 4.57. The first-order chi connectivity index (χ1) is 8.13. The molecule has 1 fully saturated rings. The zero-order valence-electron chi connectivity index (χ0n) is 9.31. The van der Waals surface area contributed by atoms with Crippen LogP contribution in [0, 0.1) is 11.3 Å². The number of hydrogen-bond acceptors (Lipinski definition) is 6. The molecule has 4 N–H and O–H groups in total. The second-order valence-corrected chi connectivity index (χ2v) is 4.15. The van der Waals surface area contributed by atoms with Crippen LogP contribution in [0.25, 0.3) is 0 Å². The number of aromatic nitrogens is 1. The molecule has 90 valence electrons. The van der Waals surface area contributed by atoms with E-state index in [1.165, 1.54) is 6.20 Å². The minimum atomic E-state index is -0.859. The van der Waals surface area contributed by atoms with Gasteiger partial charge in [-0.05, 0) is 6.07 Å². The maximum absolute atomic E-state index is 10.0. The van der Waals surface area contributed by atoms with Crippen LogP contribution in [0.4, 0.5) is 11.5 Å². The number of pyridine rings is 1. The lowest BCUT2D eigenvalue weighted by molar-refractivity contribution is 0.0381. The average molecular weight is 234 g/mol. The number of nitrogens with zero attached hydrogens (tertiary/aromatic N) is 2. The third-order valence-electron chi connectivity index (χ3n) is 2.71. The van der Waals surface area contributed by atoms with Crippen LogP contribution in [-0.4, -0.2) is 35.5 Å². The number of nitrogens with one attached hydrogen (secondary N) is 1. The Hall–Kier alpha value is -1.84. The first-order valence-electron chi connectivity index (χ1n) is 5.33. The lowest BCUT2D eigenvalue weighted by Crippen LogP contribution is -2.37. The predicted molar refractivity (Wildman–Crippen MR) is 62.2 cm³/mol. The number of nitrogens with two attached hydrogens (primary N) is 1. The van der Waals surface area contributed by atoms with Gasteiger partial charge in [0.05, 0.1) is 17.9 Å². The number of nitriles is 1. The summed E-state index contributed by atoms with van der Waals surface area (Å²) in [5.74, 6) is 0.476. The number of rotatable bonds is 3. The zero-order chi connectivity index (χ0) is 12.3. The van der Waals surface area contributed by atoms with Crippen molar-refractivity contribution in [1.29, 1.82) is 5.26 Å². The molecule has 0 bridgehead atoms. The average Bonchev–Trinajstić information content (AvgIpc) is 2.75. The number of ether oxygens (including phenoxy) is 1. The number of anilines is 2. The summed E-state index contributed by atoms with van der Waals surface area (Å²) >= 11 is 0. The van der Waals surface area contributed by atoms with Gasteiger partial charge in [0, 0.05) is 25.8 Å². The van der Waals surface area contributed by atoms with Gasteiger partial charge in [-0.2, -0.15) is 5.26 Å². The lowest BCUT2D eigenvalue weighted by atomic mass is 10.0. The fourth-order valence-electron chi connectivity index (χ4n) is 1.67. The van der Waals surface area contributed by atoms with E-state index in [0.717, 1.165) is 0 Å². The molecule has 1 saturated heterocycles. The first-order valence-corrected chi connectivity index (χ1v) is 5.33. The van der Waals surface area contributed by atoms with Gasteiger partial charge in [0.25, 0.3) is 0 Å². The van der Waals surface area contributed by atoms with Crippen molar-refractivity contribution in [3.8, 4) is 6.07 Å². The number of aliphatic hydroxyl groups is 1. The van der Waals surface area contributed by atoms with E-state index >= 15 is 0 Å². The van der Waals surface area contributed by atoms with Gasteiger partial charge in [0.2, 0.25) is 0 Å². The Labute approximate surface area is 99.0 Å². The van der Waals surface area contributed by atoms with Crippen molar-refractivity contribution in [1.82, 2.24) is 4.98 Å². The van der Waals surface area contributed by atoms with Crippen molar-refractivity contribution in [2.75, 3.05) is 30.8 Å². The smallest absolute Gasteiger partial charge is 0.149 e. The molecule has 1 unspecified atom stereocenters. The molecule has 0 saturated carbocycles. The van der Waals surface area contributed by atoms with Crippen LogP contribution < -0.4 is 11.1 Å².